The Morgan fingerprint density at radius 3 is 2.65 bits per heavy atom. The van der Waals surface area contributed by atoms with Crippen molar-refractivity contribution in [3.05, 3.63) is 35.9 Å². The molecule has 0 radical (unpaired) electrons. The monoisotopic (exact) mass is 295 g/mol. The maximum absolute atomic E-state index is 11.9. The van der Waals surface area contributed by atoms with E-state index in [-0.39, 0.29) is 5.91 Å². The van der Waals surface area contributed by atoms with Gasteiger partial charge in [0.2, 0.25) is 5.91 Å². The number of carbonyl (C=O) groups is 1. The zero-order valence-electron chi connectivity index (χ0n) is 9.86. The van der Waals surface area contributed by atoms with E-state index in [1.54, 1.807) is 0 Å². The van der Waals surface area contributed by atoms with Crippen LogP contribution in [0.25, 0.3) is 0 Å². The molecule has 0 spiro atoms. The minimum atomic E-state index is 0.132. The fraction of sp³-hybridized carbons (Fsp3) is 0.500. The van der Waals surface area contributed by atoms with E-state index < -0.39 is 0 Å². The van der Waals surface area contributed by atoms with Crippen LogP contribution in [0.1, 0.15) is 31.2 Å². The first kappa shape index (κ1) is 12.6. The van der Waals surface area contributed by atoms with Crippen LogP contribution in [0.4, 0.5) is 0 Å². The van der Waals surface area contributed by atoms with Crippen molar-refractivity contribution in [1.29, 1.82) is 0 Å². The third-order valence-electron chi connectivity index (χ3n) is 3.24. The lowest BCUT2D eigenvalue weighted by molar-refractivity contribution is -0.121. The lowest BCUT2D eigenvalue weighted by Crippen LogP contribution is -2.43. The first-order valence-corrected chi connectivity index (χ1v) is 7.14. The molecule has 0 heterocycles. The summed E-state index contributed by atoms with van der Waals surface area (Å²) in [5.41, 5.74) is 1.08. The van der Waals surface area contributed by atoms with Gasteiger partial charge >= 0.3 is 0 Å². The summed E-state index contributed by atoms with van der Waals surface area (Å²) in [7, 11) is 0. The van der Waals surface area contributed by atoms with Crippen LogP contribution in [-0.4, -0.2) is 16.8 Å². The molecular formula is C14H18BrNO. The summed E-state index contributed by atoms with van der Waals surface area (Å²) in [5, 5.41) is 3.13. The third kappa shape index (κ3) is 3.84. The van der Waals surface area contributed by atoms with Crippen LogP contribution < -0.4 is 5.32 Å². The zero-order chi connectivity index (χ0) is 12.1. The van der Waals surface area contributed by atoms with Crippen molar-refractivity contribution < 1.29 is 4.79 Å². The van der Waals surface area contributed by atoms with Crippen LogP contribution in [0.2, 0.25) is 0 Å². The second-order valence-corrected chi connectivity index (χ2v) is 5.81. The SMILES string of the molecule is O=C(Cc1ccccc1)N[C@@H]1CCCC[C@@H]1Br. The number of benzene rings is 1. The van der Waals surface area contributed by atoms with Gasteiger partial charge < -0.3 is 5.32 Å². The number of halogens is 1. The number of nitrogens with one attached hydrogen (secondary N) is 1. The van der Waals surface area contributed by atoms with Gasteiger partial charge in [0.05, 0.1) is 6.42 Å². The summed E-state index contributed by atoms with van der Waals surface area (Å²) in [4.78, 5) is 12.3. The predicted molar refractivity (Wildman–Crippen MR) is 73.3 cm³/mol. The maximum atomic E-state index is 11.9. The minimum absolute atomic E-state index is 0.132. The molecule has 17 heavy (non-hydrogen) atoms. The lowest BCUT2D eigenvalue weighted by atomic mass is 9.95. The summed E-state index contributed by atoms with van der Waals surface area (Å²) in [6, 6.07) is 10.2. The number of rotatable bonds is 3. The van der Waals surface area contributed by atoms with Crippen LogP contribution >= 0.6 is 15.9 Å². The Labute approximate surface area is 111 Å². The quantitative estimate of drug-likeness (QED) is 0.853. The largest absolute Gasteiger partial charge is 0.352 e. The second kappa shape index (κ2) is 6.20. The molecule has 1 fully saturated rings. The molecular weight excluding hydrogens is 278 g/mol. The predicted octanol–water partition coefficient (Wildman–Crippen LogP) is 3.05. The van der Waals surface area contributed by atoms with Crippen molar-refractivity contribution in [2.75, 3.05) is 0 Å². The molecule has 1 amide bonds. The van der Waals surface area contributed by atoms with Crippen molar-refractivity contribution in [3.63, 3.8) is 0 Å². The van der Waals surface area contributed by atoms with E-state index >= 15 is 0 Å². The Hall–Kier alpha value is -0.830. The second-order valence-electron chi connectivity index (χ2n) is 4.64. The van der Waals surface area contributed by atoms with E-state index in [4.69, 9.17) is 0 Å². The molecule has 1 aliphatic rings. The molecule has 0 saturated heterocycles. The van der Waals surface area contributed by atoms with Gasteiger partial charge in [0, 0.05) is 10.9 Å². The Balaban J connectivity index is 1.84. The Morgan fingerprint density at radius 2 is 1.94 bits per heavy atom. The van der Waals surface area contributed by atoms with Gasteiger partial charge in [-0.3, -0.25) is 4.79 Å². The van der Waals surface area contributed by atoms with E-state index in [0.29, 0.717) is 17.3 Å². The highest BCUT2D eigenvalue weighted by molar-refractivity contribution is 9.09. The molecule has 2 atom stereocenters. The molecule has 2 rings (SSSR count). The van der Waals surface area contributed by atoms with E-state index in [1.165, 1.54) is 12.8 Å². The summed E-state index contributed by atoms with van der Waals surface area (Å²) >= 11 is 3.65. The zero-order valence-corrected chi connectivity index (χ0v) is 11.4. The van der Waals surface area contributed by atoms with Gasteiger partial charge in [0.25, 0.3) is 0 Å². The van der Waals surface area contributed by atoms with Crippen LogP contribution in [0, 0.1) is 0 Å². The topological polar surface area (TPSA) is 29.1 Å². The summed E-state index contributed by atoms with van der Waals surface area (Å²) in [6.07, 6.45) is 5.23. The normalized spacial score (nSPS) is 24.3. The molecule has 0 bridgehead atoms. The molecule has 0 aromatic heterocycles. The maximum Gasteiger partial charge on any atom is 0.224 e. The van der Waals surface area contributed by atoms with Crippen LogP contribution in [0.5, 0.6) is 0 Å². The highest BCUT2D eigenvalue weighted by Crippen LogP contribution is 2.24. The Kier molecular flexibility index (Phi) is 4.60. The van der Waals surface area contributed by atoms with E-state index in [2.05, 4.69) is 21.2 Å². The molecule has 1 N–H and O–H groups in total. The smallest absolute Gasteiger partial charge is 0.224 e. The number of alkyl halides is 1. The highest BCUT2D eigenvalue weighted by Gasteiger charge is 2.23. The molecule has 1 saturated carbocycles. The van der Waals surface area contributed by atoms with Gasteiger partial charge in [-0.15, -0.1) is 0 Å². The molecule has 0 unspecified atom stereocenters. The first-order chi connectivity index (χ1) is 8.25. The number of hydrogen-bond acceptors (Lipinski definition) is 1. The summed E-state index contributed by atoms with van der Waals surface area (Å²) < 4.78 is 0. The molecule has 3 heteroatoms. The van der Waals surface area contributed by atoms with E-state index in [0.717, 1.165) is 18.4 Å². The van der Waals surface area contributed by atoms with Crippen LogP contribution in [0.3, 0.4) is 0 Å². The Bertz CT molecular complexity index is 366. The third-order valence-corrected chi connectivity index (χ3v) is 4.33. The molecule has 0 aliphatic heterocycles. The van der Waals surface area contributed by atoms with E-state index in [9.17, 15) is 4.79 Å². The Morgan fingerprint density at radius 1 is 1.24 bits per heavy atom. The van der Waals surface area contributed by atoms with Crippen LogP contribution in [0.15, 0.2) is 30.3 Å². The molecule has 92 valence electrons. The molecule has 2 nitrogen and oxygen atoms in total. The van der Waals surface area contributed by atoms with Gasteiger partial charge in [-0.05, 0) is 18.4 Å². The minimum Gasteiger partial charge on any atom is -0.352 e. The average Bonchev–Trinajstić information content (AvgIpc) is 2.33. The van der Waals surface area contributed by atoms with Gasteiger partial charge in [0.15, 0.2) is 0 Å². The van der Waals surface area contributed by atoms with Gasteiger partial charge in [-0.1, -0.05) is 59.1 Å². The number of amides is 1. The van der Waals surface area contributed by atoms with Crippen LogP contribution in [-0.2, 0) is 11.2 Å². The van der Waals surface area contributed by atoms with Crippen molar-refractivity contribution in [2.24, 2.45) is 0 Å². The summed E-state index contributed by atoms with van der Waals surface area (Å²) in [6.45, 7) is 0. The summed E-state index contributed by atoms with van der Waals surface area (Å²) in [5.74, 6) is 0.132. The van der Waals surface area contributed by atoms with Crippen molar-refractivity contribution in [3.8, 4) is 0 Å². The van der Waals surface area contributed by atoms with Crippen molar-refractivity contribution in [1.82, 2.24) is 5.32 Å². The first-order valence-electron chi connectivity index (χ1n) is 6.23. The standard InChI is InChI=1S/C14H18BrNO/c15-12-8-4-5-9-13(12)16-14(17)10-11-6-2-1-3-7-11/h1-3,6-7,12-13H,4-5,8-10H2,(H,16,17)/t12-,13+/m0/s1. The van der Waals surface area contributed by atoms with E-state index in [1.807, 2.05) is 30.3 Å². The fourth-order valence-electron chi connectivity index (χ4n) is 2.29. The molecule has 1 aromatic rings. The highest BCUT2D eigenvalue weighted by atomic mass is 79.9. The molecule has 1 aromatic carbocycles. The fourth-order valence-corrected chi connectivity index (χ4v) is 3.01. The van der Waals surface area contributed by atoms with Crippen molar-refractivity contribution >= 4 is 21.8 Å². The lowest BCUT2D eigenvalue weighted by Gasteiger charge is -2.28. The number of hydrogen-bond donors (Lipinski definition) is 1. The van der Waals surface area contributed by atoms with Gasteiger partial charge in [-0.2, -0.15) is 0 Å². The number of carbonyl (C=O) groups excluding carboxylic acids is 1. The van der Waals surface area contributed by atoms with Gasteiger partial charge in [0.1, 0.15) is 0 Å². The molecule has 1 aliphatic carbocycles. The van der Waals surface area contributed by atoms with Crippen molar-refractivity contribution in [2.45, 2.75) is 43.0 Å². The average molecular weight is 296 g/mol. The van der Waals surface area contributed by atoms with Gasteiger partial charge in [-0.25, -0.2) is 0 Å².